The fourth-order valence-electron chi connectivity index (χ4n) is 1.73. The fraction of sp³-hybridized carbons (Fsp3) is 0.500. The summed E-state index contributed by atoms with van der Waals surface area (Å²) < 4.78 is 37.3. The van der Waals surface area contributed by atoms with Gasteiger partial charge in [0, 0.05) is 11.8 Å². The van der Waals surface area contributed by atoms with Gasteiger partial charge in [0.15, 0.2) is 0 Å². The van der Waals surface area contributed by atoms with Crippen molar-refractivity contribution in [1.29, 1.82) is 0 Å². The Balaban J connectivity index is 2.45. The average Bonchev–Trinajstić information content (AvgIpc) is 2.13. The molecule has 0 bridgehead atoms. The molecule has 1 saturated carbocycles. The van der Waals surface area contributed by atoms with Gasteiger partial charge in [-0.15, -0.1) is 0 Å². The molecule has 2 rings (SSSR count). The summed E-state index contributed by atoms with van der Waals surface area (Å²) in [5, 5.41) is 10.1. The molecule has 1 heterocycles. The van der Waals surface area contributed by atoms with Crippen LogP contribution in [0.2, 0.25) is 5.02 Å². The molecule has 0 atom stereocenters. The van der Waals surface area contributed by atoms with E-state index in [2.05, 4.69) is 4.98 Å². The maximum absolute atomic E-state index is 12.4. The molecule has 1 aromatic heterocycles. The Bertz CT molecular complexity index is 415. The van der Waals surface area contributed by atoms with Gasteiger partial charge in [0.25, 0.3) is 0 Å². The summed E-state index contributed by atoms with van der Waals surface area (Å²) in [5.74, 6) is 0. The van der Waals surface area contributed by atoms with Crippen molar-refractivity contribution in [2.24, 2.45) is 0 Å². The van der Waals surface area contributed by atoms with Crippen molar-refractivity contribution in [3.63, 3.8) is 0 Å². The molecule has 88 valence electrons. The van der Waals surface area contributed by atoms with Crippen molar-refractivity contribution >= 4 is 11.6 Å². The van der Waals surface area contributed by atoms with Crippen LogP contribution in [0.1, 0.15) is 30.5 Å². The van der Waals surface area contributed by atoms with Crippen molar-refractivity contribution in [2.75, 3.05) is 0 Å². The Morgan fingerprint density at radius 1 is 1.38 bits per heavy atom. The number of pyridine rings is 1. The molecule has 0 aliphatic heterocycles. The van der Waals surface area contributed by atoms with E-state index in [0.29, 0.717) is 12.8 Å². The Hall–Kier alpha value is -0.810. The monoisotopic (exact) mass is 251 g/mol. The highest BCUT2D eigenvalue weighted by Crippen LogP contribution is 2.44. The fourth-order valence-corrected chi connectivity index (χ4v) is 2.01. The average molecular weight is 252 g/mol. The standard InChI is InChI=1S/C10H9ClF3NO/c11-7-5-15-8(10(12,13)14)4-6(7)9(16)2-1-3-9/h4-5,16H,1-3H2. The highest BCUT2D eigenvalue weighted by atomic mass is 35.5. The van der Waals surface area contributed by atoms with Crippen LogP contribution in [0, 0.1) is 0 Å². The molecule has 0 saturated heterocycles. The summed E-state index contributed by atoms with van der Waals surface area (Å²) in [6, 6.07) is 0.835. The first kappa shape index (κ1) is 11.7. The van der Waals surface area contributed by atoms with Gasteiger partial charge in [-0.05, 0) is 25.3 Å². The molecule has 0 aromatic carbocycles. The summed E-state index contributed by atoms with van der Waals surface area (Å²) in [6.07, 6.45) is -1.91. The summed E-state index contributed by atoms with van der Waals surface area (Å²) >= 11 is 5.75. The van der Waals surface area contributed by atoms with Crippen LogP contribution in [0.15, 0.2) is 12.3 Å². The lowest BCUT2D eigenvalue weighted by molar-refractivity contribution is -0.141. The van der Waals surface area contributed by atoms with E-state index < -0.39 is 17.5 Å². The van der Waals surface area contributed by atoms with Gasteiger partial charge in [-0.2, -0.15) is 13.2 Å². The molecule has 0 amide bonds. The quantitative estimate of drug-likeness (QED) is 0.832. The van der Waals surface area contributed by atoms with E-state index in [1.54, 1.807) is 0 Å². The molecule has 0 radical (unpaired) electrons. The van der Waals surface area contributed by atoms with Crippen LogP contribution < -0.4 is 0 Å². The molecule has 6 heteroatoms. The van der Waals surface area contributed by atoms with Crippen LogP contribution in [-0.4, -0.2) is 10.1 Å². The second kappa shape index (κ2) is 3.60. The molecule has 2 nitrogen and oxygen atoms in total. The highest BCUT2D eigenvalue weighted by molar-refractivity contribution is 6.31. The first-order chi connectivity index (χ1) is 7.33. The second-order valence-corrected chi connectivity index (χ2v) is 4.34. The van der Waals surface area contributed by atoms with E-state index in [9.17, 15) is 18.3 Å². The number of halogens is 4. The SMILES string of the molecule is OC1(c2cc(C(F)(F)F)ncc2Cl)CCC1. The maximum atomic E-state index is 12.4. The largest absolute Gasteiger partial charge is 0.433 e. The van der Waals surface area contributed by atoms with Gasteiger partial charge < -0.3 is 5.11 Å². The Labute approximate surface area is 95.1 Å². The molecule has 16 heavy (non-hydrogen) atoms. The number of hydrogen-bond acceptors (Lipinski definition) is 2. The minimum Gasteiger partial charge on any atom is -0.385 e. The minimum atomic E-state index is -4.51. The van der Waals surface area contributed by atoms with E-state index in [-0.39, 0.29) is 10.6 Å². The van der Waals surface area contributed by atoms with Crippen LogP contribution in [-0.2, 0) is 11.8 Å². The number of hydrogen-bond donors (Lipinski definition) is 1. The third kappa shape index (κ3) is 1.89. The van der Waals surface area contributed by atoms with Gasteiger partial charge in [0.1, 0.15) is 5.69 Å². The number of alkyl halides is 3. The molecular formula is C10H9ClF3NO. The molecule has 1 aliphatic carbocycles. The van der Waals surface area contributed by atoms with Crippen molar-refractivity contribution < 1.29 is 18.3 Å². The zero-order chi connectivity index (χ0) is 12.0. The van der Waals surface area contributed by atoms with Crippen molar-refractivity contribution in [3.8, 4) is 0 Å². The predicted octanol–water partition coefficient (Wildman–Crippen LogP) is 3.13. The second-order valence-electron chi connectivity index (χ2n) is 3.93. The van der Waals surface area contributed by atoms with Gasteiger partial charge >= 0.3 is 6.18 Å². The molecule has 1 N–H and O–H groups in total. The Morgan fingerprint density at radius 2 is 2.00 bits per heavy atom. The van der Waals surface area contributed by atoms with Gasteiger partial charge in [-0.1, -0.05) is 11.6 Å². The molecule has 1 aliphatic rings. The smallest absolute Gasteiger partial charge is 0.385 e. The third-order valence-electron chi connectivity index (χ3n) is 2.83. The van der Waals surface area contributed by atoms with Crippen molar-refractivity contribution in [3.05, 3.63) is 28.5 Å². The van der Waals surface area contributed by atoms with Crippen LogP contribution in [0.5, 0.6) is 0 Å². The van der Waals surface area contributed by atoms with Gasteiger partial charge in [0.2, 0.25) is 0 Å². The van der Waals surface area contributed by atoms with E-state index in [1.807, 2.05) is 0 Å². The number of rotatable bonds is 1. The lowest BCUT2D eigenvalue weighted by atomic mass is 9.75. The van der Waals surface area contributed by atoms with Gasteiger partial charge in [-0.3, -0.25) is 4.98 Å². The Morgan fingerprint density at radius 3 is 2.44 bits per heavy atom. The molecule has 0 unspecified atom stereocenters. The van der Waals surface area contributed by atoms with Crippen molar-refractivity contribution in [1.82, 2.24) is 4.98 Å². The number of aliphatic hydroxyl groups is 1. The first-order valence-corrected chi connectivity index (χ1v) is 5.16. The van der Waals surface area contributed by atoms with Crippen LogP contribution in [0.25, 0.3) is 0 Å². The minimum absolute atomic E-state index is 0.0789. The summed E-state index contributed by atoms with van der Waals surface area (Å²) in [4.78, 5) is 3.21. The van der Waals surface area contributed by atoms with E-state index >= 15 is 0 Å². The highest BCUT2D eigenvalue weighted by Gasteiger charge is 2.40. The lowest BCUT2D eigenvalue weighted by Gasteiger charge is -2.37. The van der Waals surface area contributed by atoms with Crippen LogP contribution >= 0.6 is 11.6 Å². The first-order valence-electron chi connectivity index (χ1n) is 4.78. The van der Waals surface area contributed by atoms with E-state index in [4.69, 9.17) is 11.6 Å². The molecular weight excluding hydrogens is 243 g/mol. The number of nitrogens with zero attached hydrogens (tertiary/aromatic N) is 1. The molecule has 1 fully saturated rings. The molecule has 0 spiro atoms. The lowest BCUT2D eigenvalue weighted by Crippen LogP contribution is -2.34. The van der Waals surface area contributed by atoms with Crippen LogP contribution in [0.3, 0.4) is 0 Å². The van der Waals surface area contributed by atoms with E-state index in [1.165, 1.54) is 0 Å². The predicted molar refractivity (Wildman–Crippen MR) is 52.0 cm³/mol. The van der Waals surface area contributed by atoms with Gasteiger partial charge in [-0.25, -0.2) is 0 Å². The van der Waals surface area contributed by atoms with Gasteiger partial charge in [0.05, 0.1) is 10.6 Å². The Kier molecular flexibility index (Phi) is 2.62. The maximum Gasteiger partial charge on any atom is 0.433 e. The van der Waals surface area contributed by atoms with Crippen molar-refractivity contribution in [2.45, 2.75) is 31.0 Å². The van der Waals surface area contributed by atoms with E-state index in [0.717, 1.165) is 18.7 Å². The summed E-state index contributed by atoms with van der Waals surface area (Å²) in [5.41, 5.74) is -2.10. The third-order valence-corrected chi connectivity index (χ3v) is 3.13. The topological polar surface area (TPSA) is 33.1 Å². The van der Waals surface area contributed by atoms with Crippen LogP contribution in [0.4, 0.5) is 13.2 Å². The zero-order valence-electron chi connectivity index (χ0n) is 8.18. The normalized spacial score (nSPS) is 19.3. The summed E-state index contributed by atoms with van der Waals surface area (Å²) in [6.45, 7) is 0. The summed E-state index contributed by atoms with van der Waals surface area (Å²) in [7, 11) is 0. The molecule has 1 aromatic rings. The number of aromatic nitrogens is 1. The zero-order valence-corrected chi connectivity index (χ0v) is 8.94.